The van der Waals surface area contributed by atoms with E-state index in [0.717, 1.165) is 31.6 Å². The first kappa shape index (κ1) is 12.1. The predicted molar refractivity (Wildman–Crippen MR) is 33.6 cm³/mol. The van der Waals surface area contributed by atoms with Crippen LogP contribution in [-0.2, 0) is 10.4 Å². The molecule has 0 spiro atoms. The Hall–Kier alpha value is 0.430. The van der Waals surface area contributed by atoms with Crippen molar-refractivity contribution in [3.05, 3.63) is 0 Å². The van der Waals surface area contributed by atoms with Crippen LogP contribution < -0.4 is 0 Å². The van der Waals surface area contributed by atoms with Gasteiger partial charge in [0.15, 0.2) is 0 Å². The molecule has 0 aliphatic heterocycles. The topological polar surface area (TPSA) is 74.6 Å². The fourth-order valence-electron chi connectivity index (χ4n) is 0. The van der Waals surface area contributed by atoms with Crippen molar-refractivity contribution in [2.75, 3.05) is 0 Å². The number of terminal acetylenes is 1. The Morgan fingerprint density at radius 1 is 1.56 bits per heavy atom. The van der Waals surface area contributed by atoms with Crippen molar-refractivity contribution in [1.82, 2.24) is 0 Å². The van der Waals surface area contributed by atoms with Crippen molar-refractivity contribution >= 4 is 38.3 Å². The fraction of sp³-hybridized carbons (Fsp3) is 0.333. The maximum atomic E-state index is 8.74. The summed E-state index contributed by atoms with van der Waals surface area (Å²) >= 11 is 1.15. The maximum absolute atomic E-state index is 8.74. The van der Waals surface area contributed by atoms with Crippen LogP contribution in [0.15, 0.2) is 0 Å². The summed E-state index contributed by atoms with van der Waals surface area (Å²) in [6.07, 6.45) is 4.81. The van der Waals surface area contributed by atoms with Crippen molar-refractivity contribution in [3.8, 4) is 12.3 Å². The molecule has 6 heteroatoms. The molecule has 0 aromatic rings. The van der Waals surface area contributed by atoms with E-state index in [2.05, 4.69) is 5.92 Å². The zero-order valence-corrected chi connectivity index (χ0v) is 7.72. The van der Waals surface area contributed by atoms with E-state index in [1.54, 1.807) is 0 Å². The van der Waals surface area contributed by atoms with Gasteiger partial charge in [-0.1, -0.05) is 0 Å². The third kappa shape index (κ3) is 170. The monoisotopic (exact) mass is 160 g/mol. The van der Waals surface area contributed by atoms with Gasteiger partial charge < -0.3 is 0 Å². The summed E-state index contributed by atoms with van der Waals surface area (Å²) in [5, 5.41) is 0. The first-order valence-corrected chi connectivity index (χ1v) is 4.86. The predicted octanol–water partition coefficient (Wildman–Crippen LogP) is -0.446. The third-order valence-corrected chi connectivity index (χ3v) is 0.612. The van der Waals surface area contributed by atoms with E-state index in [-0.39, 0.29) is 0 Å². The van der Waals surface area contributed by atoms with E-state index in [0.29, 0.717) is 0 Å². The van der Waals surface area contributed by atoms with Gasteiger partial charge in [-0.15, -0.1) is 0 Å². The first-order chi connectivity index (χ1) is 3.91. The molecule has 0 rings (SSSR count). The van der Waals surface area contributed by atoms with E-state index < -0.39 is 10.4 Å². The first-order valence-electron chi connectivity index (χ1n) is 2.05. The SMILES string of the molecule is C#C[CH2][Na].O=S(=O)(O)O. The quantitative estimate of drug-likeness (QED) is 0.286. The Kier molecular flexibility index (Phi) is 8.83. The number of hydrogen-bond acceptors (Lipinski definition) is 2. The van der Waals surface area contributed by atoms with Crippen LogP contribution in [0.5, 0.6) is 0 Å². The molecule has 0 saturated heterocycles. The van der Waals surface area contributed by atoms with Gasteiger partial charge in [-0.3, -0.25) is 9.11 Å². The number of hydrogen-bond donors (Lipinski definition) is 2. The number of rotatable bonds is 0. The standard InChI is InChI=1S/C3H3.Na.H2O4S/c1-3-2;;1-5(2,3)4/h1H,2H2;;(H2,1,2,3,4). The van der Waals surface area contributed by atoms with Crippen LogP contribution in [0.3, 0.4) is 0 Å². The molecule has 0 unspecified atom stereocenters. The Morgan fingerprint density at radius 3 is 1.67 bits per heavy atom. The van der Waals surface area contributed by atoms with Gasteiger partial charge in [-0.05, 0) is 0 Å². The molecule has 0 heterocycles. The van der Waals surface area contributed by atoms with Crippen molar-refractivity contribution in [2.45, 2.75) is 3.67 Å². The molecule has 2 N–H and O–H groups in total. The summed E-state index contributed by atoms with van der Waals surface area (Å²) in [7, 11) is -4.67. The van der Waals surface area contributed by atoms with E-state index in [9.17, 15) is 0 Å². The normalized spacial score (nSPS) is 8.78. The summed E-state index contributed by atoms with van der Waals surface area (Å²) in [6, 6.07) is 0. The maximum Gasteiger partial charge on any atom is 0.394 e. The van der Waals surface area contributed by atoms with Gasteiger partial charge >= 0.3 is 54.3 Å². The van der Waals surface area contributed by atoms with Crippen LogP contribution in [0, 0.1) is 12.3 Å². The van der Waals surface area contributed by atoms with Crippen LogP contribution in [0.1, 0.15) is 0 Å². The van der Waals surface area contributed by atoms with E-state index in [4.69, 9.17) is 23.9 Å². The Labute approximate surface area is 71.6 Å². The second-order valence-corrected chi connectivity index (χ2v) is 2.61. The molecule has 0 radical (unpaired) electrons. The molecular formula is C3H5NaO4S. The second kappa shape index (κ2) is 6.55. The third-order valence-electron chi connectivity index (χ3n) is 0.204. The van der Waals surface area contributed by atoms with Gasteiger partial charge in [-0.25, -0.2) is 0 Å². The Balaban J connectivity index is 0. The van der Waals surface area contributed by atoms with Crippen molar-refractivity contribution < 1.29 is 17.5 Å². The molecule has 4 nitrogen and oxygen atoms in total. The molecule has 0 aliphatic carbocycles. The van der Waals surface area contributed by atoms with Crippen LogP contribution in [0.25, 0.3) is 0 Å². The smallest absolute Gasteiger partial charge is 0.264 e. The van der Waals surface area contributed by atoms with Crippen molar-refractivity contribution in [1.29, 1.82) is 0 Å². The zero-order chi connectivity index (χ0) is 7.91. The fourth-order valence-corrected chi connectivity index (χ4v) is 0. The summed E-state index contributed by atoms with van der Waals surface area (Å²) < 4.78 is 32.6. The molecule has 0 bridgehead atoms. The molecule has 0 aromatic heterocycles. The van der Waals surface area contributed by atoms with Crippen LogP contribution in [0.2, 0.25) is 3.67 Å². The minimum atomic E-state index is -4.67. The van der Waals surface area contributed by atoms with Crippen LogP contribution in [-0.4, -0.2) is 45.5 Å². The van der Waals surface area contributed by atoms with Crippen molar-refractivity contribution in [2.24, 2.45) is 0 Å². The van der Waals surface area contributed by atoms with E-state index in [1.165, 1.54) is 0 Å². The Morgan fingerprint density at radius 2 is 1.67 bits per heavy atom. The summed E-state index contributed by atoms with van der Waals surface area (Å²) in [5.74, 6) is 2.49. The van der Waals surface area contributed by atoms with Gasteiger partial charge in [0.05, 0.1) is 0 Å². The van der Waals surface area contributed by atoms with Gasteiger partial charge in [0.2, 0.25) is 0 Å². The van der Waals surface area contributed by atoms with E-state index >= 15 is 0 Å². The zero-order valence-electron chi connectivity index (χ0n) is 4.90. The molecule has 0 amide bonds. The van der Waals surface area contributed by atoms with Gasteiger partial charge in [0.1, 0.15) is 0 Å². The molecule has 0 fully saturated rings. The molecular weight excluding hydrogens is 155 g/mol. The van der Waals surface area contributed by atoms with Gasteiger partial charge in [-0.2, -0.15) is 8.42 Å². The summed E-state index contributed by atoms with van der Waals surface area (Å²) in [6.45, 7) is 0. The Bertz CT molecular complexity index is 168. The minimum absolute atomic E-state index is 0.986. The van der Waals surface area contributed by atoms with Crippen molar-refractivity contribution in [3.63, 3.8) is 0 Å². The molecule has 48 valence electrons. The molecule has 9 heavy (non-hydrogen) atoms. The summed E-state index contributed by atoms with van der Waals surface area (Å²) in [5.41, 5.74) is 0. The van der Waals surface area contributed by atoms with Crippen LogP contribution in [0.4, 0.5) is 0 Å². The van der Waals surface area contributed by atoms with Gasteiger partial charge in [0, 0.05) is 0 Å². The average Bonchev–Trinajstić information content (AvgIpc) is 1.61. The molecule has 0 atom stereocenters. The molecule has 0 saturated carbocycles. The minimum Gasteiger partial charge on any atom is -0.264 e. The summed E-state index contributed by atoms with van der Waals surface area (Å²) in [4.78, 5) is 0. The average molecular weight is 160 g/mol. The molecule has 0 aliphatic rings. The molecule has 0 aromatic carbocycles. The van der Waals surface area contributed by atoms with Crippen LogP contribution >= 0.6 is 0 Å². The second-order valence-electron chi connectivity index (χ2n) is 1.01. The van der Waals surface area contributed by atoms with E-state index in [1.807, 2.05) is 0 Å². The van der Waals surface area contributed by atoms with Gasteiger partial charge in [0.25, 0.3) is 0 Å². The largest absolute Gasteiger partial charge is 0.394 e.